The average Bonchev–Trinajstić information content (AvgIpc) is 2.48. The fourth-order valence-corrected chi connectivity index (χ4v) is 1.83. The Morgan fingerprint density at radius 3 is 1.65 bits per heavy atom. The first-order chi connectivity index (χ1) is 9.49. The lowest BCUT2D eigenvalue weighted by molar-refractivity contribution is 0.369. The molecular formula is C14H6F5N. The second-order valence-corrected chi connectivity index (χ2v) is 3.96. The summed E-state index contributed by atoms with van der Waals surface area (Å²) in [5.74, 6) is -11.9. The molecule has 0 aliphatic heterocycles. The molecule has 20 heavy (non-hydrogen) atoms. The van der Waals surface area contributed by atoms with Crippen molar-refractivity contribution in [2.24, 2.45) is 0 Å². The third-order valence-electron chi connectivity index (χ3n) is 2.79. The van der Waals surface area contributed by atoms with Crippen LogP contribution in [-0.2, 0) is 0 Å². The molecule has 1 unspecified atom stereocenters. The number of hydrogen-bond acceptors (Lipinski definition) is 1. The van der Waals surface area contributed by atoms with Gasteiger partial charge in [0.2, 0.25) is 5.82 Å². The highest BCUT2D eigenvalue weighted by Gasteiger charge is 2.31. The van der Waals surface area contributed by atoms with Crippen molar-refractivity contribution in [1.82, 2.24) is 0 Å². The van der Waals surface area contributed by atoms with Crippen LogP contribution in [0, 0.1) is 40.4 Å². The van der Waals surface area contributed by atoms with Gasteiger partial charge in [-0.2, -0.15) is 5.26 Å². The predicted octanol–water partition coefficient (Wildman–Crippen LogP) is 4.04. The zero-order valence-corrected chi connectivity index (χ0v) is 9.80. The fourth-order valence-electron chi connectivity index (χ4n) is 1.83. The molecule has 2 aromatic carbocycles. The fraction of sp³-hybridized carbons (Fsp3) is 0.0714. The van der Waals surface area contributed by atoms with E-state index in [0.29, 0.717) is 0 Å². The molecule has 0 aromatic heterocycles. The zero-order chi connectivity index (χ0) is 14.9. The summed E-state index contributed by atoms with van der Waals surface area (Å²) in [6.45, 7) is 0. The van der Waals surface area contributed by atoms with Gasteiger partial charge in [-0.15, -0.1) is 0 Å². The van der Waals surface area contributed by atoms with Gasteiger partial charge in [-0.05, 0) is 5.56 Å². The molecule has 0 heterocycles. The van der Waals surface area contributed by atoms with E-state index in [9.17, 15) is 22.0 Å². The van der Waals surface area contributed by atoms with Crippen molar-refractivity contribution in [2.75, 3.05) is 0 Å². The van der Waals surface area contributed by atoms with E-state index >= 15 is 0 Å². The maximum atomic E-state index is 13.7. The van der Waals surface area contributed by atoms with Gasteiger partial charge in [-0.25, -0.2) is 22.0 Å². The van der Waals surface area contributed by atoms with Crippen LogP contribution in [0.2, 0.25) is 0 Å². The van der Waals surface area contributed by atoms with E-state index in [2.05, 4.69) is 0 Å². The molecule has 0 amide bonds. The standard InChI is InChI=1S/C14H6F5N/c15-10-9(11(16)13(18)14(19)12(10)17)8(6-20)7-4-2-1-3-5-7/h1-5,8H. The van der Waals surface area contributed by atoms with Gasteiger partial charge >= 0.3 is 0 Å². The first-order valence-corrected chi connectivity index (χ1v) is 5.45. The second-order valence-electron chi connectivity index (χ2n) is 3.96. The lowest BCUT2D eigenvalue weighted by Crippen LogP contribution is -2.11. The molecule has 0 saturated heterocycles. The number of nitriles is 1. The highest BCUT2D eigenvalue weighted by molar-refractivity contribution is 5.40. The molecule has 0 radical (unpaired) electrons. The number of benzene rings is 2. The Morgan fingerprint density at radius 1 is 0.750 bits per heavy atom. The van der Waals surface area contributed by atoms with Crippen LogP contribution >= 0.6 is 0 Å². The maximum Gasteiger partial charge on any atom is 0.200 e. The van der Waals surface area contributed by atoms with Crippen molar-refractivity contribution in [1.29, 1.82) is 5.26 Å². The van der Waals surface area contributed by atoms with Crippen LogP contribution in [0.4, 0.5) is 22.0 Å². The number of hydrogen-bond donors (Lipinski definition) is 0. The van der Waals surface area contributed by atoms with Gasteiger partial charge in [0.25, 0.3) is 0 Å². The van der Waals surface area contributed by atoms with E-state index in [1.54, 1.807) is 12.1 Å². The molecule has 0 fully saturated rings. The van der Waals surface area contributed by atoms with E-state index in [0.717, 1.165) is 0 Å². The van der Waals surface area contributed by atoms with Crippen molar-refractivity contribution >= 4 is 0 Å². The summed E-state index contributed by atoms with van der Waals surface area (Å²) in [5.41, 5.74) is -1.01. The van der Waals surface area contributed by atoms with E-state index in [4.69, 9.17) is 5.26 Å². The Balaban J connectivity index is 2.72. The quantitative estimate of drug-likeness (QED) is 0.463. The summed E-state index contributed by atoms with van der Waals surface area (Å²) in [7, 11) is 0. The molecular weight excluding hydrogens is 277 g/mol. The molecule has 2 rings (SSSR count). The minimum atomic E-state index is -2.24. The largest absolute Gasteiger partial charge is 0.203 e. The highest BCUT2D eigenvalue weighted by Crippen LogP contribution is 2.32. The van der Waals surface area contributed by atoms with Gasteiger partial charge in [-0.1, -0.05) is 30.3 Å². The van der Waals surface area contributed by atoms with Crippen molar-refractivity contribution in [3.8, 4) is 6.07 Å². The van der Waals surface area contributed by atoms with Gasteiger partial charge in [0.15, 0.2) is 23.3 Å². The van der Waals surface area contributed by atoms with Gasteiger partial charge in [0, 0.05) is 0 Å². The highest BCUT2D eigenvalue weighted by atomic mass is 19.2. The predicted molar refractivity (Wildman–Crippen MR) is 60.1 cm³/mol. The Labute approximate surface area is 110 Å². The summed E-state index contributed by atoms with van der Waals surface area (Å²) in [6, 6.07) is 8.87. The monoisotopic (exact) mass is 283 g/mol. The number of halogens is 5. The van der Waals surface area contributed by atoms with Gasteiger partial charge in [0.05, 0.1) is 11.6 Å². The van der Waals surface area contributed by atoms with Crippen LogP contribution in [0.3, 0.4) is 0 Å². The lowest BCUT2D eigenvalue weighted by Gasteiger charge is -2.13. The van der Waals surface area contributed by atoms with E-state index in [1.807, 2.05) is 0 Å². The third-order valence-corrected chi connectivity index (χ3v) is 2.79. The molecule has 0 spiro atoms. The van der Waals surface area contributed by atoms with Crippen molar-refractivity contribution in [3.63, 3.8) is 0 Å². The van der Waals surface area contributed by atoms with Gasteiger partial charge in [-0.3, -0.25) is 0 Å². The average molecular weight is 283 g/mol. The van der Waals surface area contributed by atoms with E-state index in [-0.39, 0.29) is 5.56 Å². The summed E-state index contributed by atoms with van der Waals surface area (Å²) in [6.07, 6.45) is 0. The minimum absolute atomic E-state index is 0.137. The van der Waals surface area contributed by atoms with Crippen molar-refractivity contribution in [3.05, 3.63) is 70.5 Å². The molecule has 0 aliphatic carbocycles. The SMILES string of the molecule is N#CC(c1ccccc1)c1c(F)c(F)c(F)c(F)c1F. The normalized spacial score (nSPS) is 12.0. The molecule has 0 saturated carbocycles. The number of nitrogens with zero attached hydrogens (tertiary/aromatic N) is 1. The van der Waals surface area contributed by atoms with Crippen LogP contribution in [0.25, 0.3) is 0 Å². The van der Waals surface area contributed by atoms with Crippen molar-refractivity contribution in [2.45, 2.75) is 5.92 Å². The van der Waals surface area contributed by atoms with Gasteiger partial charge < -0.3 is 0 Å². The molecule has 2 aromatic rings. The molecule has 0 N–H and O–H groups in total. The minimum Gasteiger partial charge on any atom is -0.203 e. The molecule has 102 valence electrons. The summed E-state index contributed by atoms with van der Waals surface area (Å²) >= 11 is 0. The Morgan fingerprint density at radius 2 is 1.20 bits per heavy atom. The number of rotatable bonds is 2. The van der Waals surface area contributed by atoms with Crippen LogP contribution in [0.1, 0.15) is 17.0 Å². The second kappa shape index (κ2) is 5.29. The van der Waals surface area contributed by atoms with Crippen LogP contribution in [-0.4, -0.2) is 0 Å². The molecule has 0 bridgehead atoms. The van der Waals surface area contributed by atoms with Crippen LogP contribution in [0.5, 0.6) is 0 Å². The topological polar surface area (TPSA) is 23.8 Å². The first-order valence-electron chi connectivity index (χ1n) is 5.45. The first kappa shape index (κ1) is 14.0. The Hall–Kier alpha value is -2.42. The van der Waals surface area contributed by atoms with E-state index in [1.165, 1.54) is 24.3 Å². The molecule has 1 nitrogen and oxygen atoms in total. The smallest absolute Gasteiger partial charge is 0.200 e. The summed E-state index contributed by atoms with van der Waals surface area (Å²) in [4.78, 5) is 0. The van der Waals surface area contributed by atoms with Crippen LogP contribution in [0.15, 0.2) is 30.3 Å². The Bertz CT molecular complexity index is 662. The summed E-state index contributed by atoms with van der Waals surface area (Å²) in [5, 5.41) is 9.01. The van der Waals surface area contributed by atoms with Gasteiger partial charge in [0.1, 0.15) is 5.92 Å². The molecule has 1 atom stereocenters. The molecule has 0 aliphatic rings. The maximum absolute atomic E-state index is 13.7. The van der Waals surface area contributed by atoms with Crippen molar-refractivity contribution < 1.29 is 22.0 Å². The molecule has 6 heteroatoms. The Kier molecular flexibility index (Phi) is 3.70. The van der Waals surface area contributed by atoms with E-state index < -0.39 is 40.6 Å². The summed E-state index contributed by atoms with van der Waals surface area (Å²) < 4.78 is 66.6. The zero-order valence-electron chi connectivity index (χ0n) is 9.80. The lowest BCUT2D eigenvalue weighted by atomic mass is 9.91. The third kappa shape index (κ3) is 2.11. The van der Waals surface area contributed by atoms with Crippen LogP contribution < -0.4 is 0 Å².